The van der Waals surface area contributed by atoms with Crippen LogP contribution in [-0.2, 0) is 4.79 Å². The number of hydrogen-bond donors (Lipinski definition) is 2. The lowest BCUT2D eigenvalue weighted by atomic mass is 10.5. The molecule has 2 N–H and O–H groups in total. The molecule has 0 fully saturated rings. The van der Waals surface area contributed by atoms with E-state index in [1.165, 1.54) is 0 Å². The van der Waals surface area contributed by atoms with Crippen LogP contribution >= 0.6 is 0 Å². The summed E-state index contributed by atoms with van der Waals surface area (Å²) in [6.45, 7) is 6.33. The summed E-state index contributed by atoms with van der Waals surface area (Å²) < 4.78 is 0. The van der Waals surface area contributed by atoms with Gasteiger partial charge in [-0.2, -0.15) is 0 Å². The van der Waals surface area contributed by atoms with Crippen molar-refractivity contribution in [3.63, 3.8) is 0 Å². The van der Waals surface area contributed by atoms with Gasteiger partial charge in [-0.1, -0.05) is 6.92 Å². The maximum Gasteiger partial charge on any atom is 0.208 e. The van der Waals surface area contributed by atoms with E-state index in [2.05, 4.69) is 17.6 Å². The van der Waals surface area contributed by atoms with Crippen molar-refractivity contribution in [3.05, 3.63) is 6.92 Å². The van der Waals surface area contributed by atoms with Crippen LogP contribution in [0.25, 0.3) is 0 Å². The molecule has 0 saturated heterocycles. The number of amides is 1. The van der Waals surface area contributed by atoms with Gasteiger partial charge in [-0.05, 0) is 13.5 Å². The molecule has 0 rings (SSSR count). The van der Waals surface area contributed by atoms with Crippen molar-refractivity contribution in [3.8, 4) is 0 Å². The fraction of sp³-hybridized carbons (Fsp3) is 0.600. The van der Waals surface area contributed by atoms with Gasteiger partial charge in [-0.3, -0.25) is 10.1 Å². The standard InChI is InChI=1S/C5H11N2O/c1-3-6-5(2)7-4-8/h4-6H,2-3H2,1H3,(H,7,8). The summed E-state index contributed by atoms with van der Waals surface area (Å²) in [7, 11) is 0. The third-order valence-electron chi connectivity index (χ3n) is 0.720. The Balaban J connectivity index is 3.03. The maximum absolute atomic E-state index is 9.70. The Hall–Kier alpha value is -0.570. The molecule has 0 aliphatic carbocycles. The smallest absolute Gasteiger partial charge is 0.208 e. The third-order valence-corrected chi connectivity index (χ3v) is 0.720. The molecule has 1 unspecified atom stereocenters. The van der Waals surface area contributed by atoms with Gasteiger partial charge in [0.05, 0.1) is 6.17 Å². The highest BCUT2D eigenvalue weighted by Crippen LogP contribution is 1.66. The molecule has 0 aliphatic heterocycles. The summed E-state index contributed by atoms with van der Waals surface area (Å²) in [6, 6.07) is 0. The molecule has 0 bridgehead atoms. The van der Waals surface area contributed by atoms with E-state index in [9.17, 15) is 4.79 Å². The van der Waals surface area contributed by atoms with Gasteiger partial charge in [0.15, 0.2) is 0 Å². The van der Waals surface area contributed by atoms with E-state index in [0.29, 0.717) is 6.41 Å². The highest BCUT2D eigenvalue weighted by Gasteiger charge is 1.91. The zero-order valence-corrected chi connectivity index (χ0v) is 4.98. The van der Waals surface area contributed by atoms with Gasteiger partial charge in [-0.25, -0.2) is 0 Å². The molecule has 0 aliphatic rings. The largest absolute Gasteiger partial charge is 0.343 e. The number of hydrogen-bond acceptors (Lipinski definition) is 2. The molecule has 0 aromatic heterocycles. The molecule has 8 heavy (non-hydrogen) atoms. The fourth-order valence-corrected chi connectivity index (χ4v) is 0.387. The van der Waals surface area contributed by atoms with Crippen molar-refractivity contribution in [2.45, 2.75) is 13.1 Å². The van der Waals surface area contributed by atoms with Crippen LogP contribution in [-0.4, -0.2) is 19.1 Å². The van der Waals surface area contributed by atoms with E-state index in [-0.39, 0.29) is 6.17 Å². The van der Waals surface area contributed by atoms with Crippen LogP contribution in [0.1, 0.15) is 6.92 Å². The molecule has 1 amide bonds. The first-order valence-corrected chi connectivity index (χ1v) is 2.57. The average Bonchev–Trinajstić information content (AvgIpc) is 1.68. The van der Waals surface area contributed by atoms with Crippen molar-refractivity contribution < 1.29 is 4.79 Å². The predicted molar refractivity (Wildman–Crippen MR) is 32.0 cm³/mol. The van der Waals surface area contributed by atoms with E-state index >= 15 is 0 Å². The minimum atomic E-state index is -0.155. The van der Waals surface area contributed by atoms with E-state index in [0.717, 1.165) is 6.54 Å². The van der Waals surface area contributed by atoms with E-state index in [4.69, 9.17) is 0 Å². The summed E-state index contributed by atoms with van der Waals surface area (Å²) >= 11 is 0. The second-order valence-electron chi connectivity index (χ2n) is 1.39. The molecule has 47 valence electrons. The molecule has 3 nitrogen and oxygen atoms in total. The van der Waals surface area contributed by atoms with Gasteiger partial charge in [-0.15, -0.1) is 0 Å². The number of nitrogens with one attached hydrogen (secondary N) is 2. The second kappa shape index (κ2) is 4.59. The Morgan fingerprint density at radius 1 is 1.88 bits per heavy atom. The Kier molecular flexibility index (Phi) is 4.26. The van der Waals surface area contributed by atoms with Crippen LogP contribution < -0.4 is 10.6 Å². The molecular weight excluding hydrogens is 104 g/mol. The van der Waals surface area contributed by atoms with Gasteiger partial charge in [0.1, 0.15) is 0 Å². The van der Waals surface area contributed by atoms with Crippen LogP contribution in [0.4, 0.5) is 0 Å². The normalized spacial score (nSPS) is 12.8. The molecule has 0 spiro atoms. The van der Waals surface area contributed by atoms with E-state index in [1.807, 2.05) is 6.92 Å². The molecule has 1 atom stereocenters. The summed E-state index contributed by atoms with van der Waals surface area (Å²) in [4.78, 5) is 9.70. The molecule has 0 saturated carbocycles. The lowest BCUT2D eigenvalue weighted by molar-refractivity contribution is -0.110. The minimum Gasteiger partial charge on any atom is -0.343 e. The highest BCUT2D eigenvalue weighted by atomic mass is 16.1. The van der Waals surface area contributed by atoms with Crippen molar-refractivity contribution >= 4 is 6.41 Å². The first-order chi connectivity index (χ1) is 3.81. The Labute approximate surface area is 49.5 Å². The van der Waals surface area contributed by atoms with E-state index < -0.39 is 0 Å². The topological polar surface area (TPSA) is 41.1 Å². The van der Waals surface area contributed by atoms with Crippen molar-refractivity contribution in [1.82, 2.24) is 10.6 Å². The van der Waals surface area contributed by atoms with Gasteiger partial charge >= 0.3 is 0 Å². The first kappa shape index (κ1) is 7.43. The van der Waals surface area contributed by atoms with E-state index in [1.54, 1.807) is 0 Å². The zero-order chi connectivity index (χ0) is 6.41. The summed E-state index contributed by atoms with van der Waals surface area (Å²) in [6.07, 6.45) is 0.470. The molecule has 1 radical (unpaired) electrons. The van der Waals surface area contributed by atoms with Gasteiger partial charge < -0.3 is 5.32 Å². The van der Waals surface area contributed by atoms with Crippen LogP contribution in [0.3, 0.4) is 0 Å². The van der Waals surface area contributed by atoms with Gasteiger partial charge in [0, 0.05) is 0 Å². The van der Waals surface area contributed by atoms with Crippen molar-refractivity contribution in [2.24, 2.45) is 0 Å². The number of rotatable bonds is 4. The lowest BCUT2D eigenvalue weighted by Crippen LogP contribution is -2.38. The molecule has 0 heterocycles. The van der Waals surface area contributed by atoms with Crippen LogP contribution in [0.2, 0.25) is 0 Å². The third kappa shape index (κ3) is 3.61. The number of carbonyl (C=O) groups excluding carboxylic acids is 1. The maximum atomic E-state index is 9.70. The number of carbonyl (C=O) groups is 1. The summed E-state index contributed by atoms with van der Waals surface area (Å²) in [5.41, 5.74) is 0. The molecule has 0 aromatic rings. The molecule has 0 aromatic carbocycles. The van der Waals surface area contributed by atoms with Gasteiger partial charge in [0.25, 0.3) is 0 Å². The molecular formula is C5H11N2O. The summed E-state index contributed by atoms with van der Waals surface area (Å²) in [5.74, 6) is 0. The average molecular weight is 115 g/mol. The zero-order valence-electron chi connectivity index (χ0n) is 4.98. The highest BCUT2D eigenvalue weighted by molar-refractivity contribution is 5.46. The monoisotopic (exact) mass is 115 g/mol. The lowest BCUT2D eigenvalue weighted by Gasteiger charge is -2.08. The SMILES string of the molecule is [CH2]C(NC=O)NCC. The van der Waals surface area contributed by atoms with Gasteiger partial charge in [0.2, 0.25) is 6.41 Å². The summed E-state index contributed by atoms with van der Waals surface area (Å²) in [5, 5.41) is 5.34. The van der Waals surface area contributed by atoms with Crippen molar-refractivity contribution in [2.75, 3.05) is 6.54 Å². The second-order valence-corrected chi connectivity index (χ2v) is 1.39. The quantitative estimate of drug-likeness (QED) is 0.383. The van der Waals surface area contributed by atoms with Crippen LogP contribution in [0.15, 0.2) is 0 Å². The minimum absolute atomic E-state index is 0.155. The Morgan fingerprint density at radius 3 is 2.88 bits per heavy atom. The predicted octanol–water partition coefficient (Wildman–Crippen LogP) is -0.498. The van der Waals surface area contributed by atoms with Crippen LogP contribution in [0.5, 0.6) is 0 Å². The van der Waals surface area contributed by atoms with Crippen LogP contribution in [0, 0.1) is 6.92 Å². The fourth-order valence-electron chi connectivity index (χ4n) is 0.387. The Morgan fingerprint density at radius 2 is 2.50 bits per heavy atom. The Bertz CT molecular complexity index is 65.4. The van der Waals surface area contributed by atoms with Crippen molar-refractivity contribution in [1.29, 1.82) is 0 Å². The molecule has 3 heteroatoms. The first-order valence-electron chi connectivity index (χ1n) is 2.57.